The summed E-state index contributed by atoms with van der Waals surface area (Å²) >= 11 is 0. The molecule has 7 nitrogen and oxygen atoms in total. The lowest BCUT2D eigenvalue weighted by Gasteiger charge is -2.18. The van der Waals surface area contributed by atoms with Gasteiger partial charge >= 0.3 is 0 Å². The van der Waals surface area contributed by atoms with Crippen LogP contribution >= 0.6 is 0 Å². The molecule has 0 spiro atoms. The molecule has 0 bridgehead atoms. The lowest BCUT2D eigenvalue weighted by Crippen LogP contribution is -2.29. The molecule has 27 heavy (non-hydrogen) atoms. The Balaban J connectivity index is 1.96. The fourth-order valence-electron chi connectivity index (χ4n) is 2.56. The first kappa shape index (κ1) is 19.0. The van der Waals surface area contributed by atoms with Crippen LogP contribution in [0.4, 0.5) is 4.39 Å². The van der Waals surface area contributed by atoms with E-state index >= 15 is 0 Å². The molecule has 1 heterocycles. The zero-order valence-electron chi connectivity index (χ0n) is 14.8. The molecule has 142 valence electrons. The number of halogens is 1. The molecule has 0 saturated carbocycles. The SMILES string of the molecule is COCCN(/N=C/c1ccc(F)c(OC)c1)C1=NS(=O)(=O)c2ccccc21. The van der Waals surface area contributed by atoms with Gasteiger partial charge in [-0.1, -0.05) is 18.2 Å². The zero-order chi connectivity index (χ0) is 19.4. The Morgan fingerprint density at radius 1 is 1.22 bits per heavy atom. The van der Waals surface area contributed by atoms with Crippen LogP contribution in [-0.2, 0) is 14.8 Å². The highest BCUT2D eigenvalue weighted by atomic mass is 32.2. The molecule has 0 saturated heterocycles. The van der Waals surface area contributed by atoms with Crippen LogP contribution in [0.2, 0.25) is 0 Å². The van der Waals surface area contributed by atoms with E-state index in [-0.39, 0.29) is 23.0 Å². The molecule has 0 aliphatic carbocycles. The molecule has 1 aliphatic rings. The van der Waals surface area contributed by atoms with Gasteiger partial charge in [-0.05, 0) is 29.8 Å². The molecule has 2 aromatic rings. The monoisotopic (exact) mass is 391 g/mol. The molecule has 0 unspecified atom stereocenters. The summed E-state index contributed by atoms with van der Waals surface area (Å²) in [7, 11) is -0.852. The smallest absolute Gasteiger partial charge is 0.285 e. The molecular weight excluding hydrogens is 373 g/mol. The van der Waals surface area contributed by atoms with Crippen LogP contribution in [0, 0.1) is 5.82 Å². The van der Waals surface area contributed by atoms with E-state index < -0.39 is 15.8 Å². The summed E-state index contributed by atoms with van der Waals surface area (Å²) < 4.78 is 52.0. The topological polar surface area (TPSA) is 80.6 Å². The Bertz CT molecular complexity index is 1010. The van der Waals surface area contributed by atoms with Crippen molar-refractivity contribution in [3.63, 3.8) is 0 Å². The van der Waals surface area contributed by atoms with E-state index in [1.165, 1.54) is 49.7 Å². The Labute approximate surface area is 156 Å². The second-order valence-electron chi connectivity index (χ2n) is 5.64. The van der Waals surface area contributed by atoms with Crippen molar-refractivity contribution < 1.29 is 22.3 Å². The first-order chi connectivity index (χ1) is 13.0. The second-order valence-corrected chi connectivity index (χ2v) is 7.21. The van der Waals surface area contributed by atoms with Crippen molar-refractivity contribution in [2.75, 3.05) is 27.4 Å². The van der Waals surface area contributed by atoms with E-state index in [4.69, 9.17) is 9.47 Å². The number of amidine groups is 1. The Hall–Kier alpha value is -2.78. The number of hydrazone groups is 1. The van der Waals surface area contributed by atoms with E-state index in [1.54, 1.807) is 18.2 Å². The largest absolute Gasteiger partial charge is 0.494 e. The zero-order valence-corrected chi connectivity index (χ0v) is 15.6. The van der Waals surface area contributed by atoms with Gasteiger partial charge in [-0.25, -0.2) is 9.40 Å². The third-order valence-corrected chi connectivity index (χ3v) is 5.21. The number of hydrogen-bond donors (Lipinski definition) is 0. The van der Waals surface area contributed by atoms with Gasteiger partial charge in [0.1, 0.15) is 4.90 Å². The Morgan fingerprint density at radius 2 is 2.00 bits per heavy atom. The molecule has 0 fully saturated rings. The average molecular weight is 391 g/mol. The lowest BCUT2D eigenvalue weighted by atomic mass is 10.2. The molecule has 0 atom stereocenters. The molecule has 9 heteroatoms. The maximum Gasteiger partial charge on any atom is 0.285 e. The quantitative estimate of drug-likeness (QED) is 0.557. The number of fused-ring (bicyclic) bond motifs is 1. The van der Waals surface area contributed by atoms with E-state index in [0.717, 1.165) is 0 Å². The Morgan fingerprint density at radius 3 is 2.74 bits per heavy atom. The third-order valence-electron chi connectivity index (χ3n) is 3.89. The van der Waals surface area contributed by atoms with Gasteiger partial charge in [-0.3, -0.25) is 0 Å². The van der Waals surface area contributed by atoms with Crippen molar-refractivity contribution in [3.8, 4) is 5.75 Å². The fourth-order valence-corrected chi connectivity index (χ4v) is 3.77. The first-order valence-electron chi connectivity index (χ1n) is 8.04. The minimum atomic E-state index is -3.76. The van der Waals surface area contributed by atoms with Gasteiger partial charge in [0, 0.05) is 12.7 Å². The number of sulfonamides is 1. The Kier molecular flexibility index (Phi) is 5.52. The van der Waals surface area contributed by atoms with Crippen molar-refractivity contribution in [3.05, 3.63) is 59.4 Å². The van der Waals surface area contributed by atoms with Gasteiger partial charge in [-0.2, -0.15) is 13.5 Å². The van der Waals surface area contributed by atoms with Crippen molar-refractivity contribution in [1.29, 1.82) is 0 Å². The predicted molar refractivity (Wildman–Crippen MR) is 99.3 cm³/mol. The summed E-state index contributed by atoms with van der Waals surface area (Å²) in [5, 5.41) is 5.79. The lowest BCUT2D eigenvalue weighted by molar-refractivity contribution is 0.178. The standard InChI is InChI=1S/C18H18FN3O4S/c1-25-10-9-22(20-12-13-7-8-15(19)16(11-13)26-2)18-14-5-3-4-6-17(14)27(23,24)21-18/h3-8,11-12H,9-10H2,1-2H3/b20-12+. The van der Waals surface area contributed by atoms with Crippen molar-refractivity contribution >= 4 is 22.1 Å². The normalized spacial score (nSPS) is 14.9. The number of ether oxygens (including phenoxy) is 2. The number of methoxy groups -OCH3 is 2. The van der Waals surface area contributed by atoms with Gasteiger partial charge in [0.25, 0.3) is 10.0 Å². The van der Waals surface area contributed by atoms with Crippen LogP contribution < -0.4 is 4.74 Å². The summed E-state index contributed by atoms with van der Waals surface area (Å²) in [4.78, 5) is 0.140. The molecule has 0 amide bonds. The summed E-state index contributed by atoms with van der Waals surface area (Å²) in [6.45, 7) is 0.597. The highest BCUT2D eigenvalue weighted by Gasteiger charge is 2.31. The molecule has 3 rings (SSSR count). The van der Waals surface area contributed by atoms with E-state index in [9.17, 15) is 12.8 Å². The van der Waals surface area contributed by atoms with Crippen molar-refractivity contribution in [2.24, 2.45) is 9.50 Å². The summed E-state index contributed by atoms with van der Waals surface area (Å²) in [5.41, 5.74) is 1.06. The van der Waals surface area contributed by atoms with Crippen LogP contribution in [0.5, 0.6) is 5.75 Å². The second kappa shape index (κ2) is 7.85. The van der Waals surface area contributed by atoms with E-state index in [0.29, 0.717) is 17.7 Å². The van der Waals surface area contributed by atoms with Crippen LogP contribution in [-0.4, -0.2) is 52.8 Å². The third kappa shape index (κ3) is 3.99. The van der Waals surface area contributed by atoms with Crippen LogP contribution in [0.1, 0.15) is 11.1 Å². The van der Waals surface area contributed by atoms with Crippen LogP contribution in [0.3, 0.4) is 0 Å². The molecule has 0 radical (unpaired) electrons. The van der Waals surface area contributed by atoms with Crippen molar-refractivity contribution in [1.82, 2.24) is 5.01 Å². The van der Waals surface area contributed by atoms with Gasteiger partial charge < -0.3 is 9.47 Å². The van der Waals surface area contributed by atoms with Gasteiger partial charge in [-0.15, -0.1) is 4.40 Å². The number of hydrogen-bond acceptors (Lipinski definition) is 6. The van der Waals surface area contributed by atoms with Crippen LogP contribution in [0.25, 0.3) is 0 Å². The molecule has 1 aliphatic heterocycles. The minimum absolute atomic E-state index is 0.0912. The minimum Gasteiger partial charge on any atom is -0.494 e. The molecule has 0 aromatic heterocycles. The van der Waals surface area contributed by atoms with Crippen LogP contribution in [0.15, 0.2) is 56.9 Å². The molecule has 2 aromatic carbocycles. The fraction of sp³-hybridized carbons (Fsp3) is 0.222. The maximum atomic E-state index is 13.5. The van der Waals surface area contributed by atoms with E-state index in [1.807, 2.05) is 0 Å². The summed E-state index contributed by atoms with van der Waals surface area (Å²) in [5.74, 6) is -0.174. The summed E-state index contributed by atoms with van der Waals surface area (Å²) in [6, 6.07) is 10.9. The average Bonchev–Trinajstić information content (AvgIpc) is 2.94. The highest BCUT2D eigenvalue weighted by Crippen LogP contribution is 2.27. The number of nitrogens with zero attached hydrogens (tertiary/aromatic N) is 3. The maximum absolute atomic E-state index is 13.5. The van der Waals surface area contributed by atoms with Gasteiger partial charge in [0.15, 0.2) is 17.4 Å². The number of benzene rings is 2. The highest BCUT2D eigenvalue weighted by molar-refractivity contribution is 7.90. The van der Waals surface area contributed by atoms with Gasteiger partial charge in [0.2, 0.25) is 0 Å². The number of rotatable bonds is 6. The molecule has 0 N–H and O–H groups in total. The predicted octanol–water partition coefficient (Wildman–Crippen LogP) is 2.27. The molecular formula is C18H18FN3O4S. The van der Waals surface area contributed by atoms with E-state index in [2.05, 4.69) is 9.50 Å². The first-order valence-corrected chi connectivity index (χ1v) is 9.48. The summed E-state index contributed by atoms with van der Waals surface area (Å²) in [6.07, 6.45) is 1.48. The van der Waals surface area contributed by atoms with Crippen molar-refractivity contribution in [2.45, 2.75) is 4.90 Å². The van der Waals surface area contributed by atoms with Gasteiger partial charge in [0.05, 0.1) is 26.5 Å².